The van der Waals surface area contributed by atoms with Gasteiger partial charge in [0.1, 0.15) is 29.6 Å². The highest BCUT2D eigenvalue weighted by Crippen LogP contribution is 2.50. The number of anilines is 4. The molecule has 4 heterocycles. The van der Waals surface area contributed by atoms with Crippen LogP contribution >= 0.6 is 0 Å². The van der Waals surface area contributed by atoms with Crippen LogP contribution in [0.3, 0.4) is 0 Å². The number of rotatable bonds is 7. The molecule has 0 amide bonds. The monoisotopic (exact) mass is 838 g/mol. The maximum absolute atomic E-state index is 9.06. The smallest absolute Gasteiger partial charge is 0.160 e. The standard InChI is InChI=1S/C58H44N4O2/c1-58(2,3)40-32-33-59-54(34-40)62-52-36-43(28-29-46(52)48-30-31-49-47-22-10-13-27-53(47)64-57(49)56(48)62)63-42-21-14-20-41(35-42)60-37-61(51-26-12-11-25-50(51)60)55-44(38-16-6-4-7-17-38)23-15-24-45(55)39-18-8-5-9-19-39/h4-36H,37H2,1-3H3/i4D,5D,6D,7D,8D,9D,16D,17D,18D,19D. The molecule has 11 aromatic rings. The van der Waals surface area contributed by atoms with Gasteiger partial charge in [0.15, 0.2) is 5.58 Å². The SMILES string of the molecule is [2H]c1c([2H])c([2H])c(-c2cccc(-c3c([2H])c([2H])c([2H])c([2H])c3[2H])c2N2CN(c3cccc(Oc4ccc5c6ccc7c8ccccc8oc7c6n(-c6cc(C(C)(C)C)ccn6)c5c4)c3)c3ccccc32)c([2H])c1[2H]. The molecule has 8 aromatic carbocycles. The van der Waals surface area contributed by atoms with Crippen molar-refractivity contribution in [1.29, 1.82) is 0 Å². The van der Waals surface area contributed by atoms with Gasteiger partial charge in [-0.25, -0.2) is 4.98 Å². The van der Waals surface area contributed by atoms with Crippen LogP contribution in [0.2, 0.25) is 0 Å². The van der Waals surface area contributed by atoms with Crippen LogP contribution in [0.1, 0.15) is 40.0 Å². The van der Waals surface area contributed by atoms with Gasteiger partial charge in [0, 0.05) is 56.7 Å². The molecule has 3 aromatic heterocycles. The topological polar surface area (TPSA) is 46.7 Å². The molecular weight excluding hydrogens is 785 g/mol. The molecule has 0 saturated carbocycles. The Kier molecular flexibility index (Phi) is 6.58. The van der Waals surface area contributed by atoms with Gasteiger partial charge < -0.3 is 19.0 Å². The second-order valence-corrected chi connectivity index (χ2v) is 16.9. The summed E-state index contributed by atoms with van der Waals surface area (Å²) in [4.78, 5) is 8.88. The van der Waals surface area contributed by atoms with E-state index in [0.29, 0.717) is 17.2 Å². The highest BCUT2D eigenvalue weighted by molar-refractivity contribution is 6.21. The summed E-state index contributed by atoms with van der Waals surface area (Å²) in [5, 5.41) is 4.02. The van der Waals surface area contributed by atoms with Crippen LogP contribution in [-0.4, -0.2) is 16.2 Å². The zero-order chi connectivity index (χ0) is 51.6. The first kappa shape index (κ1) is 28.5. The minimum Gasteiger partial charge on any atom is -0.457 e. The van der Waals surface area contributed by atoms with E-state index in [9.17, 15) is 0 Å². The van der Waals surface area contributed by atoms with Crippen molar-refractivity contribution in [2.75, 3.05) is 16.5 Å². The van der Waals surface area contributed by atoms with E-state index in [1.165, 1.54) is 0 Å². The van der Waals surface area contributed by atoms with E-state index in [2.05, 4.69) is 55.7 Å². The Balaban J connectivity index is 0.989. The van der Waals surface area contributed by atoms with Gasteiger partial charge in [-0.2, -0.15) is 0 Å². The number of nitrogens with zero attached hydrogens (tertiary/aromatic N) is 4. The normalized spacial score (nSPS) is 15.0. The van der Waals surface area contributed by atoms with E-state index < -0.39 is 60.4 Å². The lowest BCUT2D eigenvalue weighted by molar-refractivity contribution is 0.483. The van der Waals surface area contributed by atoms with Crippen LogP contribution in [0.4, 0.5) is 22.7 Å². The molecular formula is C58H44N4O2. The number of pyridine rings is 1. The molecule has 0 aliphatic carbocycles. The van der Waals surface area contributed by atoms with E-state index in [4.69, 9.17) is 27.8 Å². The Morgan fingerprint density at radius 2 is 1.25 bits per heavy atom. The Morgan fingerprint density at radius 1 is 0.594 bits per heavy atom. The van der Waals surface area contributed by atoms with Crippen LogP contribution in [0.25, 0.3) is 71.8 Å². The number of furan rings is 1. The van der Waals surface area contributed by atoms with E-state index in [1.54, 1.807) is 18.2 Å². The average molecular weight is 839 g/mol. The van der Waals surface area contributed by atoms with Crippen molar-refractivity contribution >= 4 is 66.5 Å². The van der Waals surface area contributed by atoms with E-state index in [-0.39, 0.29) is 40.0 Å². The molecule has 0 unspecified atom stereocenters. The predicted molar refractivity (Wildman–Crippen MR) is 264 cm³/mol. The number of ether oxygens (including phenoxy) is 1. The summed E-state index contributed by atoms with van der Waals surface area (Å²) in [6.07, 6.45) is 1.85. The van der Waals surface area contributed by atoms with Crippen molar-refractivity contribution in [3.05, 3.63) is 206 Å². The highest BCUT2D eigenvalue weighted by Gasteiger charge is 2.31. The molecule has 0 bridgehead atoms. The summed E-state index contributed by atoms with van der Waals surface area (Å²) in [7, 11) is 0. The van der Waals surface area contributed by atoms with E-state index in [1.807, 2.05) is 101 Å². The molecule has 12 rings (SSSR count). The van der Waals surface area contributed by atoms with Crippen molar-refractivity contribution in [3.8, 4) is 39.6 Å². The van der Waals surface area contributed by atoms with E-state index >= 15 is 0 Å². The molecule has 6 heteroatoms. The number of fused-ring (bicyclic) bond motifs is 8. The first-order chi connectivity index (χ1) is 35.5. The second kappa shape index (κ2) is 14.8. The van der Waals surface area contributed by atoms with Crippen LogP contribution in [0.15, 0.2) is 204 Å². The quantitative estimate of drug-likeness (QED) is 0.160. The molecule has 0 spiro atoms. The Hall–Kier alpha value is -8.09. The molecule has 0 atom stereocenters. The third-order valence-corrected chi connectivity index (χ3v) is 12.0. The van der Waals surface area contributed by atoms with Gasteiger partial charge in [-0.15, -0.1) is 0 Å². The molecule has 1 aliphatic rings. The zero-order valence-corrected chi connectivity index (χ0v) is 35.1. The van der Waals surface area contributed by atoms with Gasteiger partial charge in [0.2, 0.25) is 0 Å². The Morgan fingerprint density at radius 3 is 2.00 bits per heavy atom. The summed E-state index contributed by atoms with van der Waals surface area (Å²) in [6, 6.07) is 37.6. The minimum atomic E-state index is -0.554. The fourth-order valence-corrected chi connectivity index (χ4v) is 9.05. The number of benzene rings is 8. The molecule has 0 N–H and O–H groups in total. The Labute approximate surface area is 385 Å². The number of hydrogen-bond donors (Lipinski definition) is 0. The van der Waals surface area contributed by atoms with Gasteiger partial charge in [-0.05, 0) is 82.8 Å². The van der Waals surface area contributed by atoms with Crippen molar-refractivity contribution < 1.29 is 22.9 Å². The highest BCUT2D eigenvalue weighted by atomic mass is 16.5. The van der Waals surface area contributed by atoms with Crippen LogP contribution in [0, 0.1) is 0 Å². The summed E-state index contributed by atoms with van der Waals surface area (Å²) in [5.74, 6) is 1.85. The van der Waals surface area contributed by atoms with Crippen LogP contribution in [0.5, 0.6) is 11.5 Å². The maximum atomic E-state index is 9.06. The zero-order valence-electron chi connectivity index (χ0n) is 45.1. The molecule has 0 radical (unpaired) electrons. The van der Waals surface area contributed by atoms with Crippen molar-refractivity contribution in [1.82, 2.24) is 9.55 Å². The van der Waals surface area contributed by atoms with E-state index in [0.717, 1.165) is 66.5 Å². The van der Waals surface area contributed by atoms with Gasteiger partial charge in [-0.1, -0.05) is 142 Å². The number of hydrogen-bond acceptors (Lipinski definition) is 5. The fourth-order valence-electron chi connectivity index (χ4n) is 9.05. The number of para-hydroxylation sites is 4. The second-order valence-electron chi connectivity index (χ2n) is 16.9. The lowest BCUT2D eigenvalue weighted by Crippen LogP contribution is -2.24. The lowest BCUT2D eigenvalue weighted by Gasteiger charge is -2.27. The summed E-state index contributed by atoms with van der Waals surface area (Å²) in [6.45, 7) is 6.64. The first-order valence-corrected chi connectivity index (χ1v) is 21.1. The molecule has 0 fully saturated rings. The molecule has 64 heavy (non-hydrogen) atoms. The summed E-state index contributed by atoms with van der Waals surface area (Å²) < 4.78 is 103. The first-order valence-electron chi connectivity index (χ1n) is 26.1. The van der Waals surface area contributed by atoms with Crippen molar-refractivity contribution in [2.24, 2.45) is 0 Å². The van der Waals surface area contributed by atoms with Gasteiger partial charge >= 0.3 is 0 Å². The van der Waals surface area contributed by atoms with Crippen molar-refractivity contribution in [2.45, 2.75) is 26.2 Å². The third kappa shape index (κ3) is 6.21. The van der Waals surface area contributed by atoms with Gasteiger partial charge in [0.05, 0.1) is 41.8 Å². The third-order valence-electron chi connectivity index (χ3n) is 12.0. The van der Waals surface area contributed by atoms with Crippen molar-refractivity contribution in [3.63, 3.8) is 0 Å². The van der Waals surface area contributed by atoms with Crippen LogP contribution < -0.4 is 14.5 Å². The summed E-state index contributed by atoms with van der Waals surface area (Å²) >= 11 is 0. The largest absolute Gasteiger partial charge is 0.457 e. The molecule has 6 nitrogen and oxygen atoms in total. The molecule has 1 aliphatic heterocycles. The van der Waals surface area contributed by atoms with Gasteiger partial charge in [-0.3, -0.25) is 4.57 Å². The number of aromatic nitrogens is 2. The molecule has 308 valence electrons. The fraction of sp³-hybridized carbons (Fsp3) is 0.0862. The lowest BCUT2D eigenvalue weighted by atomic mass is 9.88. The maximum Gasteiger partial charge on any atom is 0.160 e. The van der Waals surface area contributed by atoms with Gasteiger partial charge in [0.25, 0.3) is 0 Å². The minimum absolute atomic E-state index is 0.0951. The molecule has 0 saturated heterocycles. The predicted octanol–water partition coefficient (Wildman–Crippen LogP) is 15.7. The van der Waals surface area contributed by atoms with Crippen LogP contribution in [-0.2, 0) is 5.41 Å². The Bertz CT molecular complexity index is 4040. The summed E-state index contributed by atoms with van der Waals surface area (Å²) in [5.41, 5.74) is 6.98. The average Bonchev–Trinajstić information content (AvgIpc) is 4.09.